The zero-order chi connectivity index (χ0) is 16.8. The van der Waals surface area contributed by atoms with Crippen LogP contribution in [0.4, 0.5) is 11.5 Å². The third-order valence-electron chi connectivity index (χ3n) is 3.90. The van der Waals surface area contributed by atoms with Crippen molar-refractivity contribution in [1.29, 1.82) is 0 Å². The van der Waals surface area contributed by atoms with Crippen molar-refractivity contribution in [2.75, 3.05) is 17.9 Å². The molecule has 2 aliphatic rings. The van der Waals surface area contributed by atoms with Gasteiger partial charge in [-0.1, -0.05) is 0 Å². The Morgan fingerprint density at radius 3 is 2.88 bits per heavy atom. The molecule has 1 aromatic carbocycles. The molecule has 0 radical (unpaired) electrons. The predicted octanol–water partition coefficient (Wildman–Crippen LogP) is 2.13. The Bertz CT molecular complexity index is 865. The standard InChI is InChI=1S/C14H12N4O5S/c1-6-12-13(24-4-11(19)15-14(12)17-16-6)7-2-9-10(23-5-22-9)3-8(7)18(20)21/h2-3,13H,4-5H2,1H3,(H2,15,16,17,19). The van der Waals surface area contributed by atoms with Gasteiger partial charge in [0.2, 0.25) is 12.7 Å². The largest absolute Gasteiger partial charge is 0.454 e. The van der Waals surface area contributed by atoms with Crippen molar-refractivity contribution in [1.82, 2.24) is 10.2 Å². The fraction of sp³-hybridized carbons (Fsp3) is 0.286. The molecule has 0 aliphatic carbocycles. The van der Waals surface area contributed by atoms with Gasteiger partial charge in [0, 0.05) is 11.3 Å². The molecule has 4 rings (SSSR count). The number of fused-ring (bicyclic) bond motifs is 2. The SMILES string of the molecule is Cc1[nH]nc2c1C(c1cc3c(cc1[N+](=O)[O-])OCO3)SCC(=O)N2. The second-order valence-corrected chi connectivity index (χ2v) is 6.46. The Labute approximate surface area is 139 Å². The van der Waals surface area contributed by atoms with Crippen molar-refractivity contribution in [2.24, 2.45) is 0 Å². The van der Waals surface area contributed by atoms with Crippen LogP contribution in [0.25, 0.3) is 0 Å². The number of nitrogens with one attached hydrogen (secondary N) is 2. The summed E-state index contributed by atoms with van der Waals surface area (Å²) in [5.74, 6) is 1.19. The number of aromatic nitrogens is 2. The minimum Gasteiger partial charge on any atom is -0.454 e. The highest BCUT2D eigenvalue weighted by molar-refractivity contribution is 8.00. The van der Waals surface area contributed by atoms with E-state index >= 15 is 0 Å². The zero-order valence-electron chi connectivity index (χ0n) is 12.5. The highest BCUT2D eigenvalue weighted by Crippen LogP contribution is 2.48. The Kier molecular flexibility index (Phi) is 3.34. The van der Waals surface area contributed by atoms with E-state index in [1.54, 1.807) is 6.07 Å². The maximum absolute atomic E-state index is 11.9. The number of benzene rings is 1. The molecule has 10 heteroatoms. The van der Waals surface area contributed by atoms with Gasteiger partial charge in [-0.15, -0.1) is 11.8 Å². The number of nitro groups is 1. The topological polar surface area (TPSA) is 119 Å². The van der Waals surface area contributed by atoms with E-state index < -0.39 is 10.2 Å². The van der Waals surface area contributed by atoms with Gasteiger partial charge >= 0.3 is 0 Å². The third-order valence-corrected chi connectivity index (χ3v) is 5.15. The van der Waals surface area contributed by atoms with E-state index in [4.69, 9.17) is 9.47 Å². The number of ether oxygens (including phenoxy) is 2. The summed E-state index contributed by atoms with van der Waals surface area (Å²) in [6.07, 6.45) is 0. The summed E-state index contributed by atoms with van der Waals surface area (Å²) < 4.78 is 10.6. The van der Waals surface area contributed by atoms with E-state index in [1.807, 2.05) is 6.92 Å². The van der Waals surface area contributed by atoms with E-state index in [-0.39, 0.29) is 24.1 Å². The first-order valence-electron chi connectivity index (χ1n) is 7.09. The molecule has 2 N–H and O–H groups in total. The van der Waals surface area contributed by atoms with E-state index in [1.165, 1.54) is 17.8 Å². The number of hydrogen-bond donors (Lipinski definition) is 2. The quantitative estimate of drug-likeness (QED) is 0.630. The molecule has 124 valence electrons. The highest BCUT2D eigenvalue weighted by atomic mass is 32.2. The first-order valence-corrected chi connectivity index (χ1v) is 8.13. The van der Waals surface area contributed by atoms with Crippen LogP contribution in [0.2, 0.25) is 0 Å². The Morgan fingerprint density at radius 2 is 2.12 bits per heavy atom. The predicted molar refractivity (Wildman–Crippen MR) is 85.5 cm³/mol. The van der Waals surface area contributed by atoms with Crippen LogP contribution in [0.1, 0.15) is 22.1 Å². The number of thioether (sulfide) groups is 1. The molecule has 1 atom stereocenters. The summed E-state index contributed by atoms with van der Waals surface area (Å²) in [5, 5.41) is 20.8. The Morgan fingerprint density at radius 1 is 1.38 bits per heavy atom. The average molecular weight is 348 g/mol. The van der Waals surface area contributed by atoms with Gasteiger partial charge in [-0.05, 0) is 13.0 Å². The van der Waals surface area contributed by atoms with Crippen molar-refractivity contribution in [2.45, 2.75) is 12.2 Å². The number of nitrogens with zero attached hydrogens (tertiary/aromatic N) is 2. The van der Waals surface area contributed by atoms with Gasteiger partial charge in [0.15, 0.2) is 17.3 Å². The molecule has 0 saturated heterocycles. The van der Waals surface area contributed by atoms with Gasteiger partial charge in [0.25, 0.3) is 5.69 Å². The molecular formula is C14H12N4O5S. The minimum atomic E-state index is -0.451. The number of anilines is 1. The summed E-state index contributed by atoms with van der Waals surface area (Å²) in [4.78, 5) is 23.0. The molecule has 0 saturated carbocycles. The smallest absolute Gasteiger partial charge is 0.278 e. The van der Waals surface area contributed by atoms with Crippen molar-refractivity contribution in [3.05, 3.63) is 39.1 Å². The third kappa shape index (κ3) is 2.26. The maximum atomic E-state index is 11.9. The summed E-state index contributed by atoms with van der Waals surface area (Å²) in [5.41, 5.74) is 1.86. The molecule has 2 aromatic rings. The summed E-state index contributed by atoms with van der Waals surface area (Å²) in [6, 6.07) is 2.98. The first-order chi connectivity index (χ1) is 11.5. The highest BCUT2D eigenvalue weighted by Gasteiger charge is 2.34. The van der Waals surface area contributed by atoms with Crippen LogP contribution in [0.3, 0.4) is 0 Å². The fourth-order valence-corrected chi connectivity index (χ4v) is 4.04. The molecule has 24 heavy (non-hydrogen) atoms. The van der Waals surface area contributed by atoms with E-state index in [2.05, 4.69) is 15.5 Å². The molecule has 0 bridgehead atoms. The number of carbonyl (C=O) groups excluding carboxylic acids is 1. The summed E-state index contributed by atoms with van der Waals surface area (Å²) in [6.45, 7) is 1.85. The molecule has 0 spiro atoms. The minimum absolute atomic E-state index is 0.0315. The fourth-order valence-electron chi connectivity index (χ4n) is 2.82. The molecule has 1 amide bonds. The molecule has 1 unspecified atom stereocenters. The van der Waals surface area contributed by atoms with Gasteiger partial charge in [0.05, 0.1) is 27.6 Å². The summed E-state index contributed by atoms with van der Waals surface area (Å²) in [7, 11) is 0. The second kappa shape index (κ2) is 5.41. The Balaban J connectivity index is 1.91. The van der Waals surface area contributed by atoms with E-state index in [0.29, 0.717) is 22.9 Å². The number of amides is 1. The number of aryl methyl sites for hydroxylation is 1. The van der Waals surface area contributed by atoms with Crippen LogP contribution < -0.4 is 14.8 Å². The number of nitro benzene ring substituents is 1. The van der Waals surface area contributed by atoms with Crippen molar-refractivity contribution in [3.63, 3.8) is 0 Å². The van der Waals surface area contributed by atoms with Crippen LogP contribution in [0.5, 0.6) is 11.5 Å². The normalized spacial score (nSPS) is 18.7. The number of H-pyrrole nitrogens is 1. The van der Waals surface area contributed by atoms with Gasteiger partial charge in [-0.3, -0.25) is 20.0 Å². The van der Waals surface area contributed by atoms with Crippen molar-refractivity contribution in [3.8, 4) is 11.5 Å². The van der Waals surface area contributed by atoms with Gasteiger partial charge in [-0.2, -0.15) is 5.10 Å². The summed E-state index contributed by atoms with van der Waals surface area (Å²) >= 11 is 1.31. The number of carbonyl (C=O) groups is 1. The molecule has 0 fully saturated rings. The van der Waals surface area contributed by atoms with Crippen LogP contribution in [0.15, 0.2) is 12.1 Å². The van der Waals surface area contributed by atoms with Gasteiger partial charge in [0.1, 0.15) is 0 Å². The number of rotatable bonds is 2. The monoisotopic (exact) mass is 348 g/mol. The Hall–Kier alpha value is -2.75. The molecule has 3 heterocycles. The lowest BCUT2D eigenvalue weighted by Crippen LogP contribution is -2.12. The van der Waals surface area contributed by atoms with Gasteiger partial charge in [-0.25, -0.2) is 0 Å². The lowest BCUT2D eigenvalue weighted by atomic mass is 10.0. The second-order valence-electron chi connectivity index (χ2n) is 5.37. The van der Waals surface area contributed by atoms with E-state index in [0.717, 1.165) is 11.3 Å². The molecule has 1 aromatic heterocycles. The lowest BCUT2D eigenvalue weighted by molar-refractivity contribution is -0.385. The molecule has 9 nitrogen and oxygen atoms in total. The molecule has 2 aliphatic heterocycles. The first kappa shape index (κ1) is 14.8. The van der Waals surface area contributed by atoms with Crippen LogP contribution in [-0.2, 0) is 4.79 Å². The lowest BCUT2D eigenvalue weighted by Gasteiger charge is -2.15. The molecular weight excluding hydrogens is 336 g/mol. The van der Waals surface area contributed by atoms with Gasteiger partial charge < -0.3 is 14.8 Å². The number of aromatic amines is 1. The average Bonchev–Trinajstić information content (AvgIpc) is 3.10. The maximum Gasteiger partial charge on any atom is 0.278 e. The van der Waals surface area contributed by atoms with Crippen molar-refractivity contribution >= 4 is 29.2 Å². The van der Waals surface area contributed by atoms with Crippen LogP contribution >= 0.6 is 11.8 Å². The van der Waals surface area contributed by atoms with E-state index in [9.17, 15) is 14.9 Å². The van der Waals surface area contributed by atoms with Crippen molar-refractivity contribution < 1.29 is 19.2 Å². The van der Waals surface area contributed by atoms with Crippen LogP contribution in [0, 0.1) is 17.0 Å². The zero-order valence-corrected chi connectivity index (χ0v) is 13.3. The van der Waals surface area contributed by atoms with Crippen LogP contribution in [-0.4, -0.2) is 33.6 Å². The number of hydrogen-bond acceptors (Lipinski definition) is 7.